The number of carbonyl (C=O) groups is 1. The normalized spacial score (nSPS) is 17.8. The SMILES string of the molecule is O=C(Cn1ccc2ccccc21)NCC1(O)CCOCC1. The van der Waals surface area contributed by atoms with Gasteiger partial charge in [0, 0.05) is 44.3 Å². The number of benzene rings is 1. The standard InChI is InChI=1S/C16H20N2O3/c19-15(17-12-16(20)6-9-21-10-7-16)11-18-8-5-13-3-1-2-4-14(13)18/h1-5,8,20H,6-7,9-12H2,(H,17,19). The van der Waals surface area contributed by atoms with Gasteiger partial charge in [0.05, 0.1) is 5.60 Å². The molecule has 1 amide bonds. The number of hydrogen-bond acceptors (Lipinski definition) is 3. The van der Waals surface area contributed by atoms with Crippen molar-refractivity contribution in [2.45, 2.75) is 25.0 Å². The van der Waals surface area contributed by atoms with E-state index in [1.54, 1.807) is 0 Å². The lowest BCUT2D eigenvalue weighted by atomic mass is 9.94. The van der Waals surface area contributed by atoms with Gasteiger partial charge < -0.3 is 19.7 Å². The zero-order valence-electron chi connectivity index (χ0n) is 11.9. The Hall–Kier alpha value is -1.85. The maximum absolute atomic E-state index is 12.1. The Balaban J connectivity index is 1.59. The first kappa shape index (κ1) is 14.1. The van der Waals surface area contributed by atoms with Crippen molar-refractivity contribution in [3.63, 3.8) is 0 Å². The summed E-state index contributed by atoms with van der Waals surface area (Å²) >= 11 is 0. The van der Waals surface area contributed by atoms with E-state index in [0.29, 0.717) is 26.1 Å². The van der Waals surface area contributed by atoms with E-state index in [1.807, 2.05) is 41.1 Å². The average Bonchev–Trinajstić information content (AvgIpc) is 2.90. The topological polar surface area (TPSA) is 63.5 Å². The van der Waals surface area contributed by atoms with Crippen LogP contribution in [-0.2, 0) is 16.1 Å². The van der Waals surface area contributed by atoms with Crippen LogP contribution in [0.25, 0.3) is 10.9 Å². The van der Waals surface area contributed by atoms with Gasteiger partial charge in [-0.15, -0.1) is 0 Å². The van der Waals surface area contributed by atoms with E-state index in [0.717, 1.165) is 10.9 Å². The monoisotopic (exact) mass is 288 g/mol. The third-order valence-electron chi connectivity index (χ3n) is 4.03. The van der Waals surface area contributed by atoms with Crippen LogP contribution in [0.3, 0.4) is 0 Å². The first-order valence-electron chi connectivity index (χ1n) is 7.27. The molecule has 2 N–H and O–H groups in total. The highest BCUT2D eigenvalue weighted by molar-refractivity contribution is 5.83. The summed E-state index contributed by atoms with van der Waals surface area (Å²) in [6.45, 7) is 1.65. The molecule has 0 spiro atoms. The van der Waals surface area contributed by atoms with Crippen molar-refractivity contribution < 1.29 is 14.6 Å². The molecule has 0 radical (unpaired) electrons. The van der Waals surface area contributed by atoms with E-state index in [4.69, 9.17) is 4.74 Å². The molecular formula is C16H20N2O3. The van der Waals surface area contributed by atoms with Crippen LogP contribution in [0, 0.1) is 0 Å². The second kappa shape index (κ2) is 5.87. The minimum absolute atomic E-state index is 0.0868. The molecule has 5 nitrogen and oxygen atoms in total. The molecule has 5 heteroatoms. The first-order valence-corrected chi connectivity index (χ1v) is 7.27. The Morgan fingerprint density at radius 1 is 1.29 bits per heavy atom. The molecule has 2 heterocycles. The summed E-state index contributed by atoms with van der Waals surface area (Å²) in [5.41, 5.74) is 0.213. The minimum atomic E-state index is -0.827. The summed E-state index contributed by atoms with van der Waals surface area (Å²) < 4.78 is 7.14. The molecule has 112 valence electrons. The van der Waals surface area contributed by atoms with Crippen molar-refractivity contribution >= 4 is 16.8 Å². The molecule has 21 heavy (non-hydrogen) atoms. The number of aromatic nitrogens is 1. The van der Waals surface area contributed by atoms with Gasteiger partial charge in [-0.25, -0.2) is 0 Å². The van der Waals surface area contributed by atoms with Gasteiger partial charge in [-0.2, -0.15) is 0 Å². The number of aliphatic hydroxyl groups is 1. The van der Waals surface area contributed by atoms with Crippen molar-refractivity contribution in [1.82, 2.24) is 9.88 Å². The smallest absolute Gasteiger partial charge is 0.240 e. The molecule has 0 aliphatic carbocycles. The van der Waals surface area contributed by atoms with E-state index >= 15 is 0 Å². The quantitative estimate of drug-likeness (QED) is 0.891. The highest BCUT2D eigenvalue weighted by atomic mass is 16.5. The fourth-order valence-corrected chi connectivity index (χ4v) is 2.68. The zero-order chi connectivity index (χ0) is 14.7. The second-order valence-corrected chi connectivity index (χ2v) is 5.62. The number of fused-ring (bicyclic) bond motifs is 1. The van der Waals surface area contributed by atoms with Crippen LogP contribution in [0.1, 0.15) is 12.8 Å². The molecule has 1 fully saturated rings. The molecule has 1 saturated heterocycles. The molecule has 0 atom stereocenters. The van der Waals surface area contributed by atoms with Crippen LogP contribution in [0.4, 0.5) is 0 Å². The molecular weight excluding hydrogens is 268 g/mol. The first-order chi connectivity index (χ1) is 10.2. The Kier molecular flexibility index (Phi) is 3.94. The molecule has 2 aromatic rings. The van der Waals surface area contributed by atoms with Crippen LogP contribution < -0.4 is 5.32 Å². The molecule has 0 bridgehead atoms. The van der Waals surface area contributed by atoms with Gasteiger partial charge in [0.15, 0.2) is 0 Å². The van der Waals surface area contributed by atoms with Gasteiger partial charge in [0.2, 0.25) is 5.91 Å². The van der Waals surface area contributed by atoms with Gasteiger partial charge in [-0.3, -0.25) is 4.79 Å². The van der Waals surface area contributed by atoms with Gasteiger partial charge >= 0.3 is 0 Å². The molecule has 1 aliphatic heterocycles. The fourth-order valence-electron chi connectivity index (χ4n) is 2.68. The van der Waals surface area contributed by atoms with Crippen molar-refractivity contribution in [1.29, 1.82) is 0 Å². The Bertz CT molecular complexity index is 629. The van der Waals surface area contributed by atoms with Gasteiger partial charge in [-0.05, 0) is 17.5 Å². The second-order valence-electron chi connectivity index (χ2n) is 5.62. The lowest BCUT2D eigenvalue weighted by Gasteiger charge is -2.32. The Morgan fingerprint density at radius 3 is 2.86 bits per heavy atom. The van der Waals surface area contributed by atoms with E-state index in [-0.39, 0.29) is 19.0 Å². The summed E-state index contributed by atoms with van der Waals surface area (Å²) in [6.07, 6.45) is 3.05. The number of nitrogens with zero attached hydrogens (tertiary/aromatic N) is 1. The fraction of sp³-hybridized carbons (Fsp3) is 0.438. The number of hydrogen-bond donors (Lipinski definition) is 2. The lowest BCUT2D eigenvalue weighted by molar-refractivity contribution is -0.124. The average molecular weight is 288 g/mol. The number of rotatable bonds is 4. The predicted octanol–water partition coefficient (Wildman–Crippen LogP) is 1.30. The lowest BCUT2D eigenvalue weighted by Crippen LogP contribution is -2.47. The Labute approximate surface area is 123 Å². The van der Waals surface area contributed by atoms with E-state index in [9.17, 15) is 9.90 Å². The summed E-state index contributed by atoms with van der Waals surface area (Å²) in [5, 5.41) is 14.3. The highest BCUT2D eigenvalue weighted by Crippen LogP contribution is 2.19. The summed E-state index contributed by atoms with van der Waals surface area (Å²) in [4.78, 5) is 12.1. The third kappa shape index (κ3) is 3.25. The van der Waals surface area contributed by atoms with Crippen LogP contribution in [0.5, 0.6) is 0 Å². The summed E-state index contributed by atoms with van der Waals surface area (Å²) in [5.74, 6) is -0.0868. The van der Waals surface area contributed by atoms with Crippen LogP contribution in [0.2, 0.25) is 0 Å². The van der Waals surface area contributed by atoms with Crippen molar-refractivity contribution in [2.75, 3.05) is 19.8 Å². The molecule has 1 aromatic heterocycles. The van der Waals surface area contributed by atoms with Crippen molar-refractivity contribution in [3.05, 3.63) is 36.5 Å². The van der Waals surface area contributed by atoms with Gasteiger partial charge in [0.1, 0.15) is 6.54 Å². The number of para-hydroxylation sites is 1. The zero-order valence-corrected chi connectivity index (χ0v) is 11.9. The number of carbonyl (C=O) groups excluding carboxylic acids is 1. The molecule has 3 rings (SSSR count). The minimum Gasteiger partial charge on any atom is -0.388 e. The summed E-state index contributed by atoms with van der Waals surface area (Å²) in [7, 11) is 0. The maximum Gasteiger partial charge on any atom is 0.240 e. The van der Waals surface area contributed by atoms with Gasteiger partial charge in [0.25, 0.3) is 0 Å². The summed E-state index contributed by atoms with van der Waals surface area (Å²) in [6, 6.07) is 9.95. The predicted molar refractivity (Wildman–Crippen MR) is 80.0 cm³/mol. The number of ether oxygens (including phenoxy) is 1. The third-order valence-corrected chi connectivity index (χ3v) is 4.03. The van der Waals surface area contributed by atoms with Crippen LogP contribution in [-0.4, -0.2) is 40.9 Å². The Morgan fingerprint density at radius 2 is 2.05 bits per heavy atom. The highest BCUT2D eigenvalue weighted by Gasteiger charge is 2.30. The molecule has 0 saturated carbocycles. The van der Waals surface area contributed by atoms with Crippen molar-refractivity contribution in [3.8, 4) is 0 Å². The maximum atomic E-state index is 12.1. The van der Waals surface area contributed by atoms with E-state index < -0.39 is 5.60 Å². The molecule has 1 aromatic carbocycles. The molecule has 0 unspecified atom stereocenters. The number of nitrogens with one attached hydrogen (secondary N) is 1. The van der Waals surface area contributed by atoms with E-state index in [1.165, 1.54) is 0 Å². The van der Waals surface area contributed by atoms with Gasteiger partial charge in [-0.1, -0.05) is 18.2 Å². The van der Waals surface area contributed by atoms with Crippen molar-refractivity contribution in [2.24, 2.45) is 0 Å². The largest absolute Gasteiger partial charge is 0.388 e. The van der Waals surface area contributed by atoms with Crippen LogP contribution >= 0.6 is 0 Å². The number of amides is 1. The van der Waals surface area contributed by atoms with E-state index in [2.05, 4.69) is 5.32 Å². The molecule has 1 aliphatic rings. The van der Waals surface area contributed by atoms with Crippen LogP contribution in [0.15, 0.2) is 36.5 Å².